The standard InChI is InChI=1S/C40H40ClF3N8O3/c41-34-31(43)8-7-24-4-1-5-29(33(24)34)36-35(44)37-30(18-46-36)38(48-39(47-37)55-23-40-10-3-13-51(40)19-25(42)17-40)50-14-15-52(26(20-50)9-11-45)32(53)6-2-12-49-21-28-16-27(49)22-54-28/h1-2,4-8,18,25-28H,3,9-10,12-17,19-23H2/b6-2+/t25-,26+,27-,28-,40+/m1/s1. The maximum atomic E-state index is 17.0. The second-order valence-electron chi connectivity index (χ2n) is 15.3. The number of amides is 1. The molecule has 11 nitrogen and oxygen atoms in total. The number of pyridine rings is 1. The van der Waals surface area contributed by atoms with Gasteiger partial charge in [0.15, 0.2) is 5.82 Å². The summed E-state index contributed by atoms with van der Waals surface area (Å²) in [5.74, 6) is -1.25. The Hall–Kier alpha value is -4.55. The molecular formula is C40H40ClF3N8O3. The van der Waals surface area contributed by atoms with Crippen molar-refractivity contribution in [3.63, 3.8) is 0 Å². The molecule has 0 N–H and O–H groups in total. The topological polar surface area (TPSA) is 111 Å². The summed E-state index contributed by atoms with van der Waals surface area (Å²) < 4.78 is 58.2. The van der Waals surface area contributed by atoms with Gasteiger partial charge in [0.1, 0.15) is 35.6 Å². The summed E-state index contributed by atoms with van der Waals surface area (Å²) in [7, 11) is 0. The molecule has 0 radical (unpaired) electrons. The third-order valence-electron chi connectivity index (χ3n) is 12.1. The third kappa shape index (κ3) is 6.54. The zero-order chi connectivity index (χ0) is 37.8. The molecule has 2 aromatic carbocycles. The van der Waals surface area contributed by atoms with E-state index in [1.165, 1.54) is 12.3 Å². The summed E-state index contributed by atoms with van der Waals surface area (Å²) in [6.45, 7) is 4.36. The number of fused-ring (bicyclic) bond motifs is 5. The van der Waals surface area contributed by atoms with E-state index in [2.05, 4.69) is 25.8 Å². The number of piperazine rings is 1. The fourth-order valence-electron chi connectivity index (χ4n) is 9.37. The molecule has 5 saturated heterocycles. The number of aromatic nitrogens is 3. The number of ether oxygens (including phenoxy) is 2. The largest absolute Gasteiger partial charge is 0.461 e. The second-order valence-corrected chi connectivity index (χ2v) is 15.7. The Morgan fingerprint density at radius 1 is 1.15 bits per heavy atom. The molecule has 55 heavy (non-hydrogen) atoms. The Morgan fingerprint density at radius 3 is 2.85 bits per heavy atom. The molecule has 286 valence electrons. The Kier molecular flexibility index (Phi) is 9.52. The number of carbonyl (C=O) groups excluding carboxylic acids is 1. The first-order chi connectivity index (χ1) is 26.7. The fraction of sp³-hybridized carbons (Fsp3) is 0.475. The number of rotatable bonds is 9. The molecule has 2 bridgehead atoms. The number of likely N-dealkylation sites (tertiary alicyclic amines) is 1. The van der Waals surface area contributed by atoms with Crippen molar-refractivity contribution in [2.24, 2.45) is 0 Å². The van der Waals surface area contributed by atoms with E-state index in [-0.39, 0.29) is 53.8 Å². The van der Waals surface area contributed by atoms with Crippen LogP contribution in [-0.2, 0) is 9.53 Å². The van der Waals surface area contributed by atoms with Gasteiger partial charge in [-0.15, -0.1) is 0 Å². The number of alkyl halides is 1. The van der Waals surface area contributed by atoms with Gasteiger partial charge >= 0.3 is 6.01 Å². The van der Waals surface area contributed by atoms with Crippen LogP contribution in [0.4, 0.5) is 19.0 Å². The number of anilines is 1. The summed E-state index contributed by atoms with van der Waals surface area (Å²) in [6.07, 6.45) is 7.38. The van der Waals surface area contributed by atoms with Crippen LogP contribution >= 0.6 is 11.6 Å². The summed E-state index contributed by atoms with van der Waals surface area (Å²) >= 11 is 6.44. The van der Waals surface area contributed by atoms with Crippen LogP contribution in [0.2, 0.25) is 5.02 Å². The van der Waals surface area contributed by atoms with Crippen LogP contribution in [0, 0.1) is 23.0 Å². The molecule has 5 aliphatic heterocycles. The van der Waals surface area contributed by atoms with Crippen molar-refractivity contribution in [2.45, 2.75) is 62.0 Å². The summed E-state index contributed by atoms with van der Waals surface area (Å²) in [5.41, 5.74) is -0.339. The van der Waals surface area contributed by atoms with Gasteiger partial charge in [-0.25, -0.2) is 13.2 Å². The highest BCUT2D eigenvalue weighted by molar-refractivity contribution is 6.36. The Labute approximate surface area is 321 Å². The van der Waals surface area contributed by atoms with E-state index in [1.807, 2.05) is 11.0 Å². The van der Waals surface area contributed by atoms with Crippen LogP contribution in [-0.4, -0.2) is 124 Å². The number of halogens is 4. The van der Waals surface area contributed by atoms with Gasteiger partial charge in [0.2, 0.25) is 5.91 Å². The quantitative estimate of drug-likeness (QED) is 0.197. The number of benzene rings is 2. The first-order valence-corrected chi connectivity index (χ1v) is 19.3. The van der Waals surface area contributed by atoms with Gasteiger partial charge in [-0.1, -0.05) is 41.9 Å². The minimum Gasteiger partial charge on any atom is -0.461 e. The van der Waals surface area contributed by atoms with Gasteiger partial charge < -0.3 is 19.3 Å². The second kappa shape index (κ2) is 14.5. The van der Waals surface area contributed by atoms with E-state index in [9.17, 15) is 18.8 Å². The number of nitrogens with zero attached hydrogens (tertiary/aromatic N) is 8. The first-order valence-electron chi connectivity index (χ1n) is 18.9. The van der Waals surface area contributed by atoms with Gasteiger partial charge in [0, 0.05) is 75.0 Å². The zero-order valence-electron chi connectivity index (χ0n) is 30.1. The average molecular weight is 773 g/mol. The van der Waals surface area contributed by atoms with E-state index in [0.717, 1.165) is 39.0 Å². The number of carbonyl (C=O) groups is 1. The van der Waals surface area contributed by atoms with Crippen LogP contribution in [0.1, 0.15) is 32.1 Å². The van der Waals surface area contributed by atoms with Crippen molar-refractivity contribution in [2.75, 3.05) is 63.9 Å². The van der Waals surface area contributed by atoms with Crippen molar-refractivity contribution in [1.82, 2.24) is 29.7 Å². The number of nitriles is 1. The maximum absolute atomic E-state index is 17.0. The number of hydrogen-bond donors (Lipinski definition) is 0. The minimum absolute atomic E-state index is 0.0654. The normalized spacial score (nSPS) is 26.8. The lowest BCUT2D eigenvalue weighted by molar-refractivity contribution is -0.128. The smallest absolute Gasteiger partial charge is 0.319 e. The third-order valence-corrected chi connectivity index (χ3v) is 12.4. The van der Waals surface area contributed by atoms with Crippen LogP contribution < -0.4 is 9.64 Å². The Morgan fingerprint density at radius 2 is 2.04 bits per heavy atom. The fourth-order valence-corrected chi connectivity index (χ4v) is 9.65. The highest BCUT2D eigenvalue weighted by Crippen LogP contribution is 2.42. The molecule has 0 spiro atoms. The van der Waals surface area contributed by atoms with Gasteiger partial charge in [-0.3, -0.25) is 19.6 Å². The molecule has 7 heterocycles. The molecule has 5 atom stereocenters. The van der Waals surface area contributed by atoms with Crippen LogP contribution in [0.3, 0.4) is 0 Å². The molecule has 0 unspecified atom stereocenters. The lowest BCUT2D eigenvalue weighted by Gasteiger charge is -2.41. The van der Waals surface area contributed by atoms with Gasteiger partial charge in [-0.2, -0.15) is 15.2 Å². The van der Waals surface area contributed by atoms with Gasteiger partial charge in [0.25, 0.3) is 0 Å². The van der Waals surface area contributed by atoms with Crippen molar-refractivity contribution >= 4 is 45.0 Å². The molecule has 5 aliphatic rings. The maximum Gasteiger partial charge on any atom is 0.319 e. The lowest BCUT2D eigenvalue weighted by Crippen LogP contribution is -2.55. The zero-order valence-corrected chi connectivity index (χ0v) is 30.9. The molecule has 4 aromatic rings. The van der Waals surface area contributed by atoms with Crippen LogP contribution in [0.15, 0.2) is 48.7 Å². The van der Waals surface area contributed by atoms with Crippen molar-refractivity contribution < 1.29 is 27.4 Å². The molecule has 1 amide bonds. The van der Waals surface area contributed by atoms with E-state index in [4.69, 9.17) is 26.1 Å². The van der Waals surface area contributed by atoms with E-state index < -0.39 is 29.4 Å². The highest BCUT2D eigenvalue weighted by Gasteiger charge is 2.49. The highest BCUT2D eigenvalue weighted by atomic mass is 35.5. The monoisotopic (exact) mass is 772 g/mol. The molecule has 15 heteroatoms. The summed E-state index contributed by atoms with van der Waals surface area (Å²) in [6, 6.07) is 10.0. The summed E-state index contributed by atoms with van der Waals surface area (Å²) in [4.78, 5) is 35.5. The van der Waals surface area contributed by atoms with Crippen molar-refractivity contribution in [1.29, 1.82) is 5.26 Å². The molecule has 5 fully saturated rings. The molecule has 9 rings (SSSR count). The lowest BCUT2D eigenvalue weighted by atomic mass is 9.95. The predicted molar refractivity (Wildman–Crippen MR) is 201 cm³/mol. The molecule has 0 saturated carbocycles. The Bertz CT molecular complexity index is 2240. The molecule has 2 aromatic heterocycles. The molecular weight excluding hydrogens is 733 g/mol. The van der Waals surface area contributed by atoms with Crippen molar-refractivity contribution in [3.8, 4) is 23.3 Å². The number of hydrogen-bond acceptors (Lipinski definition) is 10. The van der Waals surface area contributed by atoms with Gasteiger partial charge in [0.05, 0.1) is 47.2 Å². The molecule has 0 aliphatic carbocycles. The van der Waals surface area contributed by atoms with Crippen LogP contribution in [0.25, 0.3) is 32.9 Å². The van der Waals surface area contributed by atoms with E-state index >= 15 is 4.39 Å². The summed E-state index contributed by atoms with van der Waals surface area (Å²) in [5, 5.41) is 10.9. The van der Waals surface area contributed by atoms with E-state index in [0.29, 0.717) is 66.2 Å². The number of morpholine rings is 1. The Balaban J connectivity index is 1.05. The minimum atomic E-state index is -0.962. The van der Waals surface area contributed by atoms with E-state index in [1.54, 1.807) is 35.2 Å². The average Bonchev–Trinajstić information content (AvgIpc) is 3.97. The van der Waals surface area contributed by atoms with Gasteiger partial charge in [-0.05, 0) is 37.3 Å². The van der Waals surface area contributed by atoms with Crippen molar-refractivity contribution in [3.05, 3.63) is 65.3 Å². The predicted octanol–water partition coefficient (Wildman–Crippen LogP) is 5.69. The SMILES string of the molecule is N#CC[C@H]1CN(c2nc(OC[C@@]34CCCN3C[C@H](F)C4)nc3c(F)c(-c4cccc5ccc(F)c(Cl)c45)ncc23)CCN1C(=O)/C=C/CN1C[C@H]2C[C@@H]1CO2. The first kappa shape index (κ1) is 36.1. The van der Waals surface area contributed by atoms with Crippen LogP contribution in [0.5, 0.6) is 6.01 Å².